The molecule has 4 heteroatoms. The first kappa shape index (κ1) is 12.4. The summed E-state index contributed by atoms with van der Waals surface area (Å²) in [4.78, 5) is 4.57. The molecule has 0 saturated carbocycles. The average Bonchev–Trinajstić information content (AvgIpc) is 2.83. The highest BCUT2D eigenvalue weighted by Gasteiger charge is 2.30. The topological polar surface area (TPSA) is 39.1 Å². The van der Waals surface area contributed by atoms with Crippen LogP contribution in [0.15, 0.2) is 6.20 Å². The van der Waals surface area contributed by atoms with Crippen molar-refractivity contribution in [3.63, 3.8) is 0 Å². The second kappa shape index (κ2) is 5.08. The number of anilines is 1. The van der Waals surface area contributed by atoms with Gasteiger partial charge in [0.15, 0.2) is 0 Å². The maximum atomic E-state index is 5.46. The molecule has 1 saturated heterocycles. The van der Waals surface area contributed by atoms with Crippen molar-refractivity contribution >= 4 is 5.95 Å². The van der Waals surface area contributed by atoms with E-state index in [1.54, 1.807) is 0 Å². The zero-order valence-corrected chi connectivity index (χ0v) is 11.1. The predicted molar refractivity (Wildman–Crippen MR) is 69.3 cm³/mol. The van der Waals surface area contributed by atoms with Gasteiger partial charge in [-0.3, -0.25) is 0 Å². The van der Waals surface area contributed by atoms with Gasteiger partial charge in [0.1, 0.15) is 0 Å². The van der Waals surface area contributed by atoms with E-state index >= 15 is 0 Å². The van der Waals surface area contributed by atoms with E-state index in [4.69, 9.17) is 4.74 Å². The number of hydrogen-bond donors (Lipinski definition) is 1. The van der Waals surface area contributed by atoms with Gasteiger partial charge >= 0.3 is 0 Å². The van der Waals surface area contributed by atoms with E-state index < -0.39 is 0 Å². The fraction of sp³-hybridized carbons (Fsp3) is 0.769. The fourth-order valence-electron chi connectivity index (χ4n) is 2.18. The van der Waals surface area contributed by atoms with E-state index in [9.17, 15) is 0 Å². The highest BCUT2D eigenvalue weighted by atomic mass is 16.5. The lowest BCUT2D eigenvalue weighted by atomic mass is 10.0. The van der Waals surface area contributed by atoms with Crippen molar-refractivity contribution in [1.29, 1.82) is 0 Å². The van der Waals surface area contributed by atoms with Gasteiger partial charge in [0.2, 0.25) is 5.95 Å². The molecule has 1 atom stereocenters. The molecular weight excluding hydrogens is 214 g/mol. The highest BCUT2D eigenvalue weighted by molar-refractivity contribution is 5.33. The summed E-state index contributed by atoms with van der Waals surface area (Å²) in [7, 11) is 0. The third-order valence-corrected chi connectivity index (χ3v) is 3.28. The lowest BCUT2D eigenvalue weighted by molar-refractivity contribution is 0.185. The van der Waals surface area contributed by atoms with E-state index in [0.717, 1.165) is 37.8 Å². The van der Waals surface area contributed by atoms with Crippen LogP contribution in [0.1, 0.15) is 38.8 Å². The Hall–Kier alpha value is -1.03. The highest BCUT2D eigenvalue weighted by Crippen LogP contribution is 2.23. The van der Waals surface area contributed by atoms with Gasteiger partial charge in [-0.15, -0.1) is 0 Å². The Morgan fingerprint density at radius 2 is 2.41 bits per heavy atom. The molecule has 1 aliphatic rings. The monoisotopic (exact) mass is 237 g/mol. The standard InChI is InChI=1S/C13H23N3O/c1-4-5-7-16-9-11(2)14-12(16)15-13(3)6-8-17-10-13/h9H,4-8,10H2,1-3H3,(H,14,15). The van der Waals surface area contributed by atoms with Crippen LogP contribution in [0.2, 0.25) is 0 Å². The first-order valence-electron chi connectivity index (χ1n) is 6.53. The number of nitrogens with zero attached hydrogens (tertiary/aromatic N) is 2. The summed E-state index contributed by atoms with van der Waals surface area (Å²) in [6.45, 7) is 9.11. The Bertz CT molecular complexity index is 367. The zero-order valence-electron chi connectivity index (χ0n) is 11.1. The molecule has 1 unspecified atom stereocenters. The quantitative estimate of drug-likeness (QED) is 0.855. The molecule has 17 heavy (non-hydrogen) atoms. The largest absolute Gasteiger partial charge is 0.379 e. The molecule has 0 aliphatic carbocycles. The fourth-order valence-corrected chi connectivity index (χ4v) is 2.18. The van der Waals surface area contributed by atoms with Crippen molar-refractivity contribution in [3.8, 4) is 0 Å². The Morgan fingerprint density at radius 3 is 3.06 bits per heavy atom. The van der Waals surface area contributed by atoms with Crippen LogP contribution >= 0.6 is 0 Å². The number of imidazole rings is 1. The Kier molecular flexibility index (Phi) is 3.72. The van der Waals surface area contributed by atoms with Gasteiger partial charge in [-0.1, -0.05) is 13.3 Å². The molecule has 1 N–H and O–H groups in total. The molecule has 0 spiro atoms. The van der Waals surface area contributed by atoms with Crippen molar-refractivity contribution in [3.05, 3.63) is 11.9 Å². The minimum atomic E-state index is 0.0434. The molecular formula is C13H23N3O. The molecule has 2 rings (SSSR count). The normalized spacial score (nSPS) is 24.2. The summed E-state index contributed by atoms with van der Waals surface area (Å²) in [5.41, 5.74) is 1.12. The van der Waals surface area contributed by atoms with Crippen molar-refractivity contribution in [2.75, 3.05) is 18.5 Å². The molecule has 1 aliphatic heterocycles. The van der Waals surface area contributed by atoms with Gasteiger partial charge in [-0.2, -0.15) is 0 Å². The van der Waals surface area contributed by atoms with Crippen LogP contribution in [0.5, 0.6) is 0 Å². The first-order chi connectivity index (χ1) is 8.13. The van der Waals surface area contributed by atoms with Gasteiger partial charge in [0.25, 0.3) is 0 Å². The van der Waals surface area contributed by atoms with Crippen LogP contribution in [-0.2, 0) is 11.3 Å². The van der Waals surface area contributed by atoms with E-state index in [2.05, 4.69) is 34.9 Å². The van der Waals surface area contributed by atoms with Gasteiger partial charge in [0, 0.05) is 19.3 Å². The number of ether oxygens (including phenoxy) is 1. The maximum Gasteiger partial charge on any atom is 0.203 e. The number of aryl methyl sites for hydroxylation is 2. The minimum Gasteiger partial charge on any atom is -0.379 e. The van der Waals surface area contributed by atoms with Crippen LogP contribution in [0, 0.1) is 6.92 Å². The third-order valence-electron chi connectivity index (χ3n) is 3.28. The van der Waals surface area contributed by atoms with E-state index in [0.29, 0.717) is 0 Å². The average molecular weight is 237 g/mol. The number of unbranched alkanes of at least 4 members (excludes halogenated alkanes) is 1. The Morgan fingerprint density at radius 1 is 1.59 bits per heavy atom. The third kappa shape index (κ3) is 3.00. The number of hydrogen-bond acceptors (Lipinski definition) is 3. The van der Waals surface area contributed by atoms with Gasteiger partial charge < -0.3 is 14.6 Å². The van der Waals surface area contributed by atoms with Crippen molar-refractivity contribution in [2.24, 2.45) is 0 Å². The van der Waals surface area contributed by atoms with Gasteiger partial charge in [0.05, 0.1) is 17.8 Å². The predicted octanol–water partition coefficient (Wildman–Crippen LogP) is 2.58. The Labute approximate surface area is 103 Å². The smallest absolute Gasteiger partial charge is 0.203 e. The molecule has 1 aromatic rings. The number of nitrogens with one attached hydrogen (secondary N) is 1. The molecule has 1 fully saturated rings. The van der Waals surface area contributed by atoms with Crippen LogP contribution in [0.25, 0.3) is 0 Å². The number of rotatable bonds is 5. The molecule has 4 nitrogen and oxygen atoms in total. The molecule has 0 amide bonds. The summed E-state index contributed by atoms with van der Waals surface area (Å²) in [5, 5.41) is 3.54. The second-order valence-corrected chi connectivity index (χ2v) is 5.24. The molecule has 0 radical (unpaired) electrons. The molecule has 0 aromatic carbocycles. The summed E-state index contributed by atoms with van der Waals surface area (Å²) in [6.07, 6.45) is 5.57. The second-order valence-electron chi connectivity index (χ2n) is 5.24. The van der Waals surface area contributed by atoms with Gasteiger partial charge in [-0.25, -0.2) is 4.98 Å². The van der Waals surface area contributed by atoms with Crippen molar-refractivity contribution in [1.82, 2.24) is 9.55 Å². The Balaban J connectivity index is 2.08. The van der Waals surface area contributed by atoms with Crippen LogP contribution in [0.4, 0.5) is 5.95 Å². The molecule has 2 heterocycles. The van der Waals surface area contributed by atoms with Gasteiger partial charge in [-0.05, 0) is 26.7 Å². The lowest BCUT2D eigenvalue weighted by Crippen LogP contribution is -2.36. The molecule has 0 bridgehead atoms. The SMILES string of the molecule is CCCCn1cc(C)nc1NC1(C)CCOC1. The van der Waals surface area contributed by atoms with Crippen molar-refractivity contribution in [2.45, 2.75) is 52.1 Å². The maximum absolute atomic E-state index is 5.46. The number of aromatic nitrogens is 2. The lowest BCUT2D eigenvalue weighted by Gasteiger charge is -2.24. The van der Waals surface area contributed by atoms with E-state index in [-0.39, 0.29) is 5.54 Å². The summed E-state index contributed by atoms with van der Waals surface area (Å²) < 4.78 is 7.69. The van der Waals surface area contributed by atoms with Crippen molar-refractivity contribution < 1.29 is 4.74 Å². The first-order valence-corrected chi connectivity index (χ1v) is 6.53. The van der Waals surface area contributed by atoms with E-state index in [1.807, 2.05) is 6.92 Å². The van der Waals surface area contributed by atoms with Crippen LogP contribution in [0.3, 0.4) is 0 Å². The summed E-state index contributed by atoms with van der Waals surface area (Å²) in [5.74, 6) is 0.990. The van der Waals surface area contributed by atoms with E-state index in [1.165, 1.54) is 12.8 Å². The minimum absolute atomic E-state index is 0.0434. The molecule has 1 aromatic heterocycles. The summed E-state index contributed by atoms with van der Waals surface area (Å²) in [6, 6.07) is 0. The summed E-state index contributed by atoms with van der Waals surface area (Å²) >= 11 is 0. The van der Waals surface area contributed by atoms with Crippen LogP contribution < -0.4 is 5.32 Å². The van der Waals surface area contributed by atoms with Crippen LogP contribution in [-0.4, -0.2) is 28.3 Å². The molecule has 96 valence electrons. The zero-order chi connectivity index (χ0) is 12.3.